The van der Waals surface area contributed by atoms with Gasteiger partial charge in [0.1, 0.15) is 6.73 Å². The van der Waals surface area contributed by atoms with Gasteiger partial charge in [-0.3, -0.25) is 0 Å². The molecule has 10 nitrogen and oxygen atoms in total. The first-order chi connectivity index (χ1) is 17.2. The van der Waals surface area contributed by atoms with Crippen LogP contribution in [-0.2, 0) is 11.5 Å². The molecule has 0 saturated heterocycles. The molecule has 192 valence electrons. The van der Waals surface area contributed by atoms with Crippen LogP contribution < -0.4 is 10.6 Å². The Morgan fingerprint density at radius 2 is 1.92 bits per heavy atom. The highest BCUT2D eigenvalue weighted by atomic mass is 28.3. The lowest BCUT2D eigenvalue weighted by Gasteiger charge is -2.26. The fourth-order valence-corrected chi connectivity index (χ4v) is 5.30. The average molecular weight is 509 g/mol. The highest BCUT2D eigenvalue weighted by Crippen LogP contribution is 2.25. The highest BCUT2D eigenvalue weighted by molar-refractivity contribution is 6.76. The lowest BCUT2D eigenvalue weighted by atomic mass is 9.93. The smallest absolute Gasteiger partial charge is 0.247 e. The summed E-state index contributed by atoms with van der Waals surface area (Å²) < 4.78 is 9.61. The summed E-state index contributed by atoms with van der Waals surface area (Å²) in [7, 11) is -1.13. The summed E-state index contributed by atoms with van der Waals surface area (Å²) in [6, 6.07) is 9.39. The SMILES string of the molecule is Cc1nn(COCC[Si](C)(C)C)c2cc(Nc3nc4ccnc(NC5CCC(O)CC5)n4n3)ccc12. The van der Waals surface area contributed by atoms with Gasteiger partial charge in [0.25, 0.3) is 0 Å². The van der Waals surface area contributed by atoms with Gasteiger partial charge in [0.05, 0.1) is 17.3 Å². The van der Waals surface area contributed by atoms with Crippen molar-refractivity contribution in [1.29, 1.82) is 0 Å². The van der Waals surface area contributed by atoms with Crippen LogP contribution in [0.4, 0.5) is 17.6 Å². The van der Waals surface area contributed by atoms with Gasteiger partial charge in [0, 0.05) is 44.1 Å². The zero-order valence-corrected chi connectivity index (χ0v) is 22.5. The number of aromatic nitrogens is 6. The Labute approximate surface area is 212 Å². The van der Waals surface area contributed by atoms with Crippen molar-refractivity contribution in [2.24, 2.45) is 0 Å². The fraction of sp³-hybridized carbons (Fsp3) is 0.520. The summed E-state index contributed by atoms with van der Waals surface area (Å²) in [6.45, 7) is 10.3. The third kappa shape index (κ3) is 5.68. The zero-order chi connectivity index (χ0) is 25.3. The van der Waals surface area contributed by atoms with Crippen molar-refractivity contribution in [3.8, 4) is 0 Å². The Hall–Kier alpha value is -3.02. The van der Waals surface area contributed by atoms with Gasteiger partial charge < -0.3 is 20.5 Å². The Balaban J connectivity index is 1.32. The minimum Gasteiger partial charge on any atom is -0.393 e. The van der Waals surface area contributed by atoms with Crippen molar-refractivity contribution in [2.75, 3.05) is 17.2 Å². The van der Waals surface area contributed by atoms with Gasteiger partial charge in [0.15, 0.2) is 5.65 Å². The molecule has 0 radical (unpaired) electrons. The van der Waals surface area contributed by atoms with E-state index in [1.165, 1.54) is 0 Å². The first kappa shape index (κ1) is 24.7. The number of aryl methyl sites for hydroxylation is 1. The number of anilines is 3. The predicted molar refractivity (Wildman–Crippen MR) is 145 cm³/mol. The van der Waals surface area contributed by atoms with Crippen LogP contribution >= 0.6 is 0 Å². The largest absolute Gasteiger partial charge is 0.393 e. The molecule has 1 aliphatic carbocycles. The molecule has 0 spiro atoms. The van der Waals surface area contributed by atoms with Gasteiger partial charge in [0.2, 0.25) is 11.9 Å². The molecule has 1 aromatic carbocycles. The molecule has 3 aromatic heterocycles. The molecule has 36 heavy (non-hydrogen) atoms. The van der Waals surface area contributed by atoms with Crippen molar-refractivity contribution in [3.63, 3.8) is 0 Å². The molecule has 1 saturated carbocycles. The Bertz CT molecular complexity index is 1340. The number of nitrogens with one attached hydrogen (secondary N) is 2. The van der Waals surface area contributed by atoms with Gasteiger partial charge in [-0.25, -0.2) is 9.67 Å². The quantitative estimate of drug-likeness (QED) is 0.223. The molecular weight excluding hydrogens is 472 g/mol. The lowest BCUT2D eigenvalue weighted by Crippen LogP contribution is -2.29. The maximum Gasteiger partial charge on any atom is 0.247 e. The summed E-state index contributed by atoms with van der Waals surface area (Å²) in [4.78, 5) is 9.12. The normalized spacial score (nSPS) is 18.7. The molecule has 0 aliphatic heterocycles. The third-order valence-corrected chi connectivity index (χ3v) is 8.39. The van der Waals surface area contributed by atoms with E-state index in [2.05, 4.69) is 62.6 Å². The summed E-state index contributed by atoms with van der Waals surface area (Å²) in [6.07, 6.45) is 4.98. The molecule has 0 amide bonds. The fourth-order valence-electron chi connectivity index (χ4n) is 4.55. The molecule has 0 unspecified atom stereocenters. The minimum atomic E-state index is -1.13. The molecular formula is C25H36N8O2Si. The number of aliphatic hydroxyl groups is 1. The van der Waals surface area contributed by atoms with E-state index in [0.717, 1.165) is 60.6 Å². The number of rotatable bonds is 9. The van der Waals surface area contributed by atoms with Crippen LogP contribution in [-0.4, -0.2) is 61.3 Å². The standard InChI is InChI=1S/C25H36N8O2Si/c1-17-21-10-7-19(15-22(21)32(30-17)16-35-13-14-36(2,3)4)27-24-29-23-11-12-26-25(33(23)31-24)28-18-5-8-20(34)9-6-18/h7,10-12,15,18,20,34H,5-6,8-9,13-14,16H2,1-4H3,(H,26,28)(H,27,31). The van der Waals surface area contributed by atoms with Crippen LogP contribution in [0.2, 0.25) is 25.7 Å². The van der Waals surface area contributed by atoms with Crippen molar-refractivity contribution in [2.45, 2.75) is 77.2 Å². The number of hydrogen-bond acceptors (Lipinski definition) is 8. The monoisotopic (exact) mass is 508 g/mol. The second-order valence-electron chi connectivity index (χ2n) is 10.9. The number of nitrogens with zero attached hydrogens (tertiary/aromatic N) is 6. The Kier molecular flexibility index (Phi) is 6.95. The van der Waals surface area contributed by atoms with Crippen molar-refractivity contribution in [3.05, 3.63) is 36.2 Å². The minimum absolute atomic E-state index is 0.192. The number of hydrogen-bond donors (Lipinski definition) is 3. The molecule has 5 rings (SSSR count). The van der Waals surface area contributed by atoms with Crippen molar-refractivity contribution < 1.29 is 9.84 Å². The van der Waals surface area contributed by atoms with Crippen LogP contribution in [0.15, 0.2) is 30.5 Å². The summed E-state index contributed by atoms with van der Waals surface area (Å²) in [5, 5.41) is 27.0. The Morgan fingerprint density at radius 1 is 1.11 bits per heavy atom. The molecule has 1 aliphatic rings. The summed E-state index contributed by atoms with van der Waals surface area (Å²) >= 11 is 0. The highest BCUT2D eigenvalue weighted by Gasteiger charge is 2.21. The first-order valence-electron chi connectivity index (χ1n) is 12.7. The van der Waals surface area contributed by atoms with E-state index < -0.39 is 8.07 Å². The van der Waals surface area contributed by atoms with E-state index in [0.29, 0.717) is 24.3 Å². The van der Waals surface area contributed by atoms with Gasteiger partial charge in [-0.05, 0) is 56.9 Å². The second kappa shape index (κ2) is 10.2. The van der Waals surface area contributed by atoms with E-state index >= 15 is 0 Å². The topological polar surface area (TPSA) is 114 Å². The van der Waals surface area contributed by atoms with Gasteiger partial charge in [-0.15, -0.1) is 5.10 Å². The van der Waals surface area contributed by atoms with E-state index in [1.54, 1.807) is 10.7 Å². The number of aliphatic hydroxyl groups excluding tert-OH is 1. The molecule has 0 atom stereocenters. The molecule has 3 heterocycles. The van der Waals surface area contributed by atoms with Gasteiger partial charge in [-0.1, -0.05) is 19.6 Å². The van der Waals surface area contributed by atoms with Crippen LogP contribution in [0.3, 0.4) is 0 Å². The van der Waals surface area contributed by atoms with Gasteiger partial charge >= 0.3 is 0 Å². The van der Waals surface area contributed by atoms with E-state index in [1.807, 2.05) is 23.7 Å². The van der Waals surface area contributed by atoms with E-state index in [4.69, 9.17) is 4.74 Å². The first-order valence-corrected chi connectivity index (χ1v) is 16.4. The maximum atomic E-state index is 9.79. The number of benzene rings is 1. The zero-order valence-electron chi connectivity index (χ0n) is 21.5. The molecule has 11 heteroatoms. The van der Waals surface area contributed by atoms with Crippen molar-refractivity contribution >= 4 is 42.2 Å². The molecule has 0 bridgehead atoms. The van der Waals surface area contributed by atoms with Crippen LogP contribution in [0.5, 0.6) is 0 Å². The second-order valence-corrected chi connectivity index (χ2v) is 16.5. The van der Waals surface area contributed by atoms with E-state index in [9.17, 15) is 5.11 Å². The Morgan fingerprint density at radius 3 is 2.69 bits per heavy atom. The third-order valence-electron chi connectivity index (χ3n) is 6.69. The summed E-state index contributed by atoms with van der Waals surface area (Å²) in [5.74, 6) is 1.16. The van der Waals surface area contributed by atoms with Crippen molar-refractivity contribution in [1.82, 2.24) is 29.4 Å². The number of ether oxygens (including phenoxy) is 1. The van der Waals surface area contributed by atoms with Gasteiger partial charge in [-0.2, -0.15) is 14.6 Å². The number of fused-ring (bicyclic) bond motifs is 2. The van der Waals surface area contributed by atoms with Crippen LogP contribution in [0.1, 0.15) is 31.4 Å². The average Bonchev–Trinajstić information content (AvgIpc) is 3.38. The van der Waals surface area contributed by atoms with Crippen LogP contribution in [0.25, 0.3) is 16.6 Å². The molecule has 3 N–H and O–H groups in total. The molecule has 4 aromatic rings. The van der Waals surface area contributed by atoms with Crippen LogP contribution in [0, 0.1) is 6.92 Å². The van der Waals surface area contributed by atoms with E-state index in [-0.39, 0.29) is 12.1 Å². The lowest BCUT2D eigenvalue weighted by molar-refractivity contribution is 0.0815. The molecule has 1 fully saturated rings. The predicted octanol–water partition coefficient (Wildman–Crippen LogP) is 4.55. The summed E-state index contributed by atoms with van der Waals surface area (Å²) in [5.41, 5.74) is 3.58. The maximum absolute atomic E-state index is 9.79.